The van der Waals surface area contributed by atoms with Gasteiger partial charge in [-0.2, -0.15) is 0 Å². The number of nitrogens with zero attached hydrogens (tertiary/aromatic N) is 2. The lowest BCUT2D eigenvalue weighted by Crippen LogP contribution is -2.37. The van der Waals surface area contributed by atoms with E-state index in [-0.39, 0.29) is 18.4 Å². The SMILES string of the molecule is CCNC(=O)CN(CC)c1ccc(C(=O)Nc2ccc(C)cc2)cn1. The number of amides is 2. The number of aromatic nitrogens is 1. The fraction of sp³-hybridized carbons (Fsp3) is 0.316. The van der Waals surface area contributed by atoms with Crippen molar-refractivity contribution in [1.29, 1.82) is 0 Å². The maximum Gasteiger partial charge on any atom is 0.257 e. The molecule has 0 aliphatic heterocycles. The van der Waals surface area contributed by atoms with Crippen LogP contribution in [0.2, 0.25) is 0 Å². The summed E-state index contributed by atoms with van der Waals surface area (Å²) in [6, 6.07) is 11.1. The predicted octanol–water partition coefficient (Wildman–Crippen LogP) is 2.60. The number of likely N-dealkylation sites (N-methyl/N-ethyl adjacent to an activating group) is 2. The number of carbonyl (C=O) groups is 2. The molecule has 0 spiro atoms. The second-order valence-electron chi connectivity index (χ2n) is 5.69. The molecule has 6 heteroatoms. The normalized spacial score (nSPS) is 10.2. The third kappa shape index (κ3) is 5.31. The average Bonchev–Trinajstić information content (AvgIpc) is 2.62. The highest BCUT2D eigenvalue weighted by atomic mass is 16.2. The van der Waals surface area contributed by atoms with Crippen LogP contribution >= 0.6 is 0 Å². The Morgan fingerprint density at radius 2 is 1.80 bits per heavy atom. The van der Waals surface area contributed by atoms with Crippen LogP contribution in [0.15, 0.2) is 42.6 Å². The van der Waals surface area contributed by atoms with E-state index in [4.69, 9.17) is 0 Å². The van der Waals surface area contributed by atoms with E-state index in [1.165, 1.54) is 6.20 Å². The molecule has 1 aromatic carbocycles. The third-order valence-electron chi connectivity index (χ3n) is 3.73. The molecule has 2 amide bonds. The van der Waals surface area contributed by atoms with E-state index in [2.05, 4.69) is 15.6 Å². The Morgan fingerprint density at radius 3 is 2.36 bits per heavy atom. The summed E-state index contributed by atoms with van der Waals surface area (Å²) in [6.07, 6.45) is 1.53. The first-order valence-corrected chi connectivity index (χ1v) is 8.39. The zero-order chi connectivity index (χ0) is 18.2. The van der Waals surface area contributed by atoms with Crippen LogP contribution in [0.4, 0.5) is 11.5 Å². The second kappa shape index (κ2) is 8.82. The number of carbonyl (C=O) groups excluding carboxylic acids is 2. The molecule has 0 radical (unpaired) electrons. The molecule has 25 heavy (non-hydrogen) atoms. The minimum Gasteiger partial charge on any atom is -0.355 e. The highest BCUT2D eigenvalue weighted by Crippen LogP contribution is 2.14. The van der Waals surface area contributed by atoms with Crippen molar-refractivity contribution in [3.8, 4) is 0 Å². The van der Waals surface area contributed by atoms with Crippen LogP contribution in [0.25, 0.3) is 0 Å². The number of hydrogen-bond acceptors (Lipinski definition) is 4. The number of benzene rings is 1. The van der Waals surface area contributed by atoms with Crippen molar-refractivity contribution in [2.75, 3.05) is 29.9 Å². The molecule has 0 unspecified atom stereocenters. The number of nitrogens with one attached hydrogen (secondary N) is 2. The number of anilines is 2. The topological polar surface area (TPSA) is 74.3 Å². The Kier molecular flexibility index (Phi) is 6.51. The molecule has 6 nitrogen and oxygen atoms in total. The van der Waals surface area contributed by atoms with E-state index in [9.17, 15) is 9.59 Å². The highest BCUT2D eigenvalue weighted by Gasteiger charge is 2.12. The van der Waals surface area contributed by atoms with Crippen LogP contribution in [0, 0.1) is 6.92 Å². The summed E-state index contributed by atoms with van der Waals surface area (Å²) in [5.74, 6) is 0.405. The molecular weight excluding hydrogens is 316 g/mol. The lowest BCUT2D eigenvalue weighted by molar-refractivity contribution is -0.119. The number of pyridine rings is 1. The van der Waals surface area contributed by atoms with Crippen LogP contribution in [0.1, 0.15) is 29.8 Å². The van der Waals surface area contributed by atoms with Gasteiger partial charge >= 0.3 is 0 Å². The minimum atomic E-state index is -0.213. The lowest BCUT2D eigenvalue weighted by atomic mass is 10.2. The lowest BCUT2D eigenvalue weighted by Gasteiger charge is -2.21. The number of rotatable bonds is 7. The van der Waals surface area contributed by atoms with Gasteiger partial charge in [-0.25, -0.2) is 4.98 Å². The average molecular weight is 340 g/mol. The molecule has 0 saturated carbocycles. The predicted molar refractivity (Wildman–Crippen MR) is 99.9 cm³/mol. The minimum absolute atomic E-state index is 0.0488. The molecule has 0 bridgehead atoms. The highest BCUT2D eigenvalue weighted by molar-refractivity contribution is 6.04. The third-order valence-corrected chi connectivity index (χ3v) is 3.73. The number of aryl methyl sites for hydroxylation is 1. The van der Waals surface area contributed by atoms with Gasteiger partial charge in [-0.15, -0.1) is 0 Å². The molecule has 0 fully saturated rings. The van der Waals surface area contributed by atoms with Gasteiger partial charge in [0.2, 0.25) is 5.91 Å². The maximum absolute atomic E-state index is 12.3. The molecule has 2 aromatic rings. The van der Waals surface area contributed by atoms with Gasteiger partial charge in [-0.05, 0) is 45.0 Å². The Bertz CT molecular complexity index is 711. The van der Waals surface area contributed by atoms with E-state index >= 15 is 0 Å². The summed E-state index contributed by atoms with van der Waals surface area (Å²) in [4.78, 5) is 30.2. The van der Waals surface area contributed by atoms with Crippen molar-refractivity contribution in [2.45, 2.75) is 20.8 Å². The fourth-order valence-electron chi connectivity index (χ4n) is 2.33. The number of hydrogen-bond donors (Lipinski definition) is 2. The zero-order valence-electron chi connectivity index (χ0n) is 14.9. The van der Waals surface area contributed by atoms with Crippen LogP contribution in [-0.4, -0.2) is 36.4 Å². The van der Waals surface area contributed by atoms with Gasteiger partial charge in [-0.1, -0.05) is 17.7 Å². The van der Waals surface area contributed by atoms with Crippen molar-refractivity contribution in [1.82, 2.24) is 10.3 Å². The summed E-state index contributed by atoms with van der Waals surface area (Å²) in [7, 11) is 0. The Hall–Kier alpha value is -2.89. The van der Waals surface area contributed by atoms with Crippen LogP contribution in [0.3, 0.4) is 0 Å². The smallest absolute Gasteiger partial charge is 0.257 e. The summed E-state index contributed by atoms with van der Waals surface area (Å²) in [5, 5.41) is 5.61. The molecule has 0 aliphatic carbocycles. The second-order valence-corrected chi connectivity index (χ2v) is 5.69. The molecule has 1 aromatic heterocycles. The van der Waals surface area contributed by atoms with Crippen LogP contribution in [-0.2, 0) is 4.79 Å². The van der Waals surface area contributed by atoms with E-state index in [1.807, 2.05) is 49.9 Å². The Balaban J connectivity index is 2.03. The summed E-state index contributed by atoms with van der Waals surface area (Å²) < 4.78 is 0. The molecule has 132 valence electrons. The van der Waals surface area contributed by atoms with Gasteiger partial charge in [0.25, 0.3) is 5.91 Å². The Labute approximate surface area is 148 Å². The van der Waals surface area contributed by atoms with E-state index in [0.717, 1.165) is 11.3 Å². The molecule has 0 atom stereocenters. The summed E-state index contributed by atoms with van der Waals surface area (Å²) >= 11 is 0. The molecular formula is C19H24N4O2. The molecule has 2 N–H and O–H groups in total. The summed E-state index contributed by atoms with van der Waals surface area (Å²) in [5.41, 5.74) is 2.35. The van der Waals surface area contributed by atoms with E-state index in [0.29, 0.717) is 24.5 Å². The molecule has 1 heterocycles. The first kappa shape index (κ1) is 18.4. The van der Waals surface area contributed by atoms with Crippen molar-refractivity contribution in [2.24, 2.45) is 0 Å². The molecule has 2 rings (SSSR count). The first-order valence-electron chi connectivity index (χ1n) is 8.39. The van der Waals surface area contributed by atoms with E-state index in [1.54, 1.807) is 12.1 Å². The quantitative estimate of drug-likeness (QED) is 0.812. The maximum atomic E-state index is 12.3. The monoisotopic (exact) mass is 340 g/mol. The van der Waals surface area contributed by atoms with Crippen molar-refractivity contribution >= 4 is 23.3 Å². The standard InChI is InChI=1S/C19H24N4O2/c1-4-20-18(24)13-23(5-2)17-11-8-15(12-21-17)19(25)22-16-9-6-14(3)7-10-16/h6-12H,4-5,13H2,1-3H3,(H,20,24)(H,22,25). The first-order chi connectivity index (χ1) is 12.0. The molecule has 0 saturated heterocycles. The summed E-state index contributed by atoms with van der Waals surface area (Å²) in [6.45, 7) is 7.33. The largest absolute Gasteiger partial charge is 0.355 e. The van der Waals surface area contributed by atoms with Crippen molar-refractivity contribution < 1.29 is 9.59 Å². The van der Waals surface area contributed by atoms with Gasteiger partial charge < -0.3 is 15.5 Å². The van der Waals surface area contributed by atoms with Gasteiger partial charge in [0.15, 0.2) is 0 Å². The molecule has 0 aliphatic rings. The fourth-order valence-corrected chi connectivity index (χ4v) is 2.33. The zero-order valence-corrected chi connectivity index (χ0v) is 14.9. The van der Waals surface area contributed by atoms with Gasteiger partial charge in [0.1, 0.15) is 5.82 Å². The Morgan fingerprint density at radius 1 is 1.08 bits per heavy atom. The van der Waals surface area contributed by atoms with Gasteiger partial charge in [0, 0.05) is 25.0 Å². The van der Waals surface area contributed by atoms with Crippen molar-refractivity contribution in [3.05, 3.63) is 53.7 Å². The van der Waals surface area contributed by atoms with Crippen LogP contribution in [0.5, 0.6) is 0 Å². The van der Waals surface area contributed by atoms with Crippen molar-refractivity contribution in [3.63, 3.8) is 0 Å². The van der Waals surface area contributed by atoms with Gasteiger partial charge in [0.05, 0.1) is 12.1 Å². The van der Waals surface area contributed by atoms with Crippen LogP contribution < -0.4 is 15.5 Å². The van der Waals surface area contributed by atoms with E-state index < -0.39 is 0 Å². The van der Waals surface area contributed by atoms with Gasteiger partial charge in [-0.3, -0.25) is 9.59 Å².